The second kappa shape index (κ2) is 8.30. The van der Waals surface area contributed by atoms with Gasteiger partial charge in [0.2, 0.25) is 0 Å². The summed E-state index contributed by atoms with van der Waals surface area (Å²) in [4.78, 5) is 4.48. The summed E-state index contributed by atoms with van der Waals surface area (Å²) in [7, 11) is 0. The molecule has 0 aliphatic rings. The number of hydrogen-bond donors (Lipinski definition) is 1. The number of pyridine rings is 1. The second-order valence-electron chi connectivity index (χ2n) is 5.45. The van der Waals surface area contributed by atoms with Gasteiger partial charge >= 0.3 is 0 Å². The number of aromatic nitrogens is 1. The van der Waals surface area contributed by atoms with Gasteiger partial charge in [0.1, 0.15) is 0 Å². The first-order chi connectivity index (χ1) is 10.2. The zero-order chi connectivity index (χ0) is 15.1. The number of rotatable bonds is 7. The molecule has 1 atom stereocenters. The van der Waals surface area contributed by atoms with E-state index in [1.807, 2.05) is 6.20 Å². The van der Waals surface area contributed by atoms with Crippen molar-refractivity contribution in [3.8, 4) is 0 Å². The molecule has 1 heterocycles. The minimum atomic E-state index is 0.477. The van der Waals surface area contributed by atoms with Crippen LogP contribution in [-0.4, -0.2) is 17.6 Å². The molecular weight excluding hydrogens is 324 g/mol. The van der Waals surface area contributed by atoms with Gasteiger partial charge in [-0.3, -0.25) is 4.98 Å². The Hall–Kier alpha value is -1.19. The quantitative estimate of drug-likeness (QED) is 0.808. The van der Waals surface area contributed by atoms with E-state index in [9.17, 15) is 0 Å². The van der Waals surface area contributed by atoms with Crippen molar-refractivity contribution >= 4 is 15.9 Å². The molecule has 0 aliphatic carbocycles. The number of nitrogens with one attached hydrogen (secondary N) is 1. The Morgan fingerprint density at radius 2 is 1.90 bits per heavy atom. The Morgan fingerprint density at radius 1 is 1.14 bits per heavy atom. The molecule has 0 aliphatic heterocycles. The third kappa shape index (κ3) is 5.60. The summed E-state index contributed by atoms with van der Waals surface area (Å²) in [6.07, 6.45) is 5.09. The lowest BCUT2D eigenvalue weighted by Gasteiger charge is -2.17. The molecule has 0 fully saturated rings. The fraction of sp³-hybridized carbons (Fsp3) is 0.389. The van der Waals surface area contributed by atoms with Crippen molar-refractivity contribution < 1.29 is 0 Å². The smallest absolute Gasteiger partial charge is 0.0419 e. The van der Waals surface area contributed by atoms with Crippen LogP contribution in [0, 0.1) is 6.92 Å². The summed E-state index contributed by atoms with van der Waals surface area (Å²) in [5.41, 5.74) is 3.88. The molecule has 1 aromatic carbocycles. The van der Waals surface area contributed by atoms with Crippen molar-refractivity contribution in [1.82, 2.24) is 10.3 Å². The molecule has 0 bridgehead atoms. The molecule has 1 aromatic heterocycles. The molecule has 112 valence electrons. The molecule has 21 heavy (non-hydrogen) atoms. The molecule has 3 heteroatoms. The largest absolute Gasteiger partial charge is 0.314 e. The van der Waals surface area contributed by atoms with E-state index in [1.165, 1.54) is 11.1 Å². The topological polar surface area (TPSA) is 24.9 Å². The van der Waals surface area contributed by atoms with Crippen LogP contribution in [0.4, 0.5) is 0 Å². The average molecular weight is 347 g/mol. The molecule has 0 amide bonds. The minimum absolute atomic E-state index is 0.477. The molecule has 2 nitrogen and oxygen atoms in total. The highest BCUT2D eigenvalue weighted by Gasteiger charge is 2.09. The van der Waals surface area contributed by atoms with E-state index < -0.39 is 0 Å². The summed E-state index contributed by atoms with van der Waals surface area (Å²) in [5, 5.41) is 3.58. The van der Waals surface area contributed by atoms with Crippen LogP contribution in [-0.2, 0) is 12.8 Å². The Kier molecular flexibility index (Phi) is 6.40. The Labute approximate surface area is 136 Å². The highest BCUT2D eigenvalue weighted by atomic mass is 79.9. The summed E-state index contributed by atoms with van der Waals surface area (Å²) >= 11 is 3.43. The first kappa shape index (κ1) is 16.2. The van der Waals surface area contributed by atoms with Gasteiger partial charge in [0.25, 0.3) is 0 Å². The van der Waals surface area contributed by atoms with Crippen LogP contribution in [0.1, 0.15) is 30.2 Å². The Balaban J connectivity index is 1.92. The fourth-order valence-corrected chi connectivity index (χ4v) is 2.67. The van der Waals surface area contributed by atoms with Crippen molar-refractivity contribution in [2.24, 2.45) is 0 Å². The standard InChI is InChI=1S/C18H23BrN2/c1-3-20-17(12-18-11-9-16(19)13-21-18)10-8-15-6-4-14(2)5-7-15/h4-7,9,11,13,17,20H,3,8,10,12H2,1-2H3. The van der Waals surface area contributed by atoms with Crippen LogP contribution in [0.5, 0.6) is 0 Å². The highest BCUT2D eigenvalue weighted by Crippen LogP contribution is 2.12. The van der Waals surface area contributed by atoms with Crippen LogP contribution in [0.2, 0.25) is 0 Å². The Bertz CT molecular complexity index is 534. The van der Waals surface area contributed by atoms with Gasteiger partial charge in [0.15, 0.2) is 0 Å². The predicted octanol–water partition coefficient (Wildman–Crippen LogP) is 4.31. The van der Waals surface area contributed by atoms with Crippen molar-refractivity contribution in [3.05, 3.63) is 63.9 Å². The van der Waals surface area contributed by atoms with Gasteiger partial charge in [0.05, 0.1) is 0 Å². The second-order valence-corrected chi connectivity index (χ2v) is 6.37. The van der Waals surface area contributed by atoms with E-state index in [4.69, 9.17) is 0 Å². The van der Waals surface area contributed by atoms with E-state index in [1.54, 1.807) is 0 Å². The Morgan fingerprint density at radius 3 is 2.52 bits per heavy atom. The number of hydrogen-bond acceptors (Lipinski definition) is 2. The molecular formula is C18H23BrN2. The highest BCUT2D eigenvalue weighted by molar-refractivity contribution is 9.10. The normalized spacial score (nSPS) is 12.3. The maximum absolute atomic E-state index is 4.48. The molecule has 1 unspecified atom stereocenters. The number of likely N-dealkylation sites (N-methyl/N-ethyl adjacent to an activating group) is 1. The van der Waals surface area contributed by atoms with Crippen LogP contribution in [0.25, 0.3) is 0 Å². The number of aryl methyl sites for hydroxylation is 2. The molecule has 2 rings (SSSR count). The SMILES string of the molecule is CCNC(CCc1ccc(C)cc1)Cc1ccc(Br)cn1. The van der Waals surface area contributed by atoms with Gasteiger partial charge in [-0.25, -0.2) is 0 Å². The fourth-order valence-electron chi connectivity index (χ4n) is 2.44. The molecule has 2 aromatic rings. The van der Waals surface area contributed by atoms with Crippen LogP contribution >= 0.6 is 15.9 Å². The number of nitrogens with zero attached hydrogens (tertiary/aromatic N) is 1. The van der Waals surface area contributed by atoms with Crippen LogP contribution < -0.4 is 5.32 Å². The summed E-state index contributed by atoms with van der Waals surface area (Å²) in [6.45, 7) is 5.29. The van der Waals surface area contributed by atoms with E-state index in [2.05, 4.69) is 76.5 Å². The third-order valence-corrected chi connectivity index (χ3v) is 4.11. The monoisotopic (exact) mass is 346 g/mol. The number of halogens is 1. The lowest BCUT2D eigenvalue weighted by Crippen LogP contribution is -2.31. The van der Waals surface area contributed by atoms with Crippen molar-refractivity contribution in [2.75, 3.05) is 6.54 Å². The van der Waals surface area contributed by atoms with Gasteiger partial charge in [0, 0.05) is 28.8 Å². The van der Waals surface area contributed by atoms with E-state index in [-0.39, 0.29) is 0 Å². The molecule has 1 N–H and O–H groups in total. The van der Waals surface area contributed by atoms with Crippen molar-refractivity contribution in [3.63, 3.8) is 0 Å². The van der Waals surface area contributed by atoms with Gasteiger partial charge < -0.3 is 5.32 Å². The molecule has 0 spiro atoms. The van der Waals surface area contributed by atoms with Crippen LogP contribution in [0.15, 0.2) is 47.1 Å². The van der Waals surface area contributed by atoms with Crippen molar-refractivity contribution in [1.29, 1.82) is 0 Å². The zero-order valence-corrected chi connectivity index (χ0v) is 14.4. The summed E-state index contributed by atoms with van der Waals surface area (Å²) in [5.74, 6) is 0. The van der Waals surface area contributed by atoms with Gasteiger partial charge in [-0.2, -0.15) is 0 Å². The first-order valence-electron chi connectivity index (χ1n) is 7.56. The van der Waals surface area contributed by atoms with Gasteiger partial charge in [-0.1, -0.05) is 36.8 Å². The maximum atomic E-state index is 4.48. The maximum Gasteiger partial charge on any atom is 0.0419 e. The lowest BCUT2D eigenvalue weighted by atomic mass is 10.0. The lowest BCUT2D eigenvalue weighted by molar-refractivity contribution is 0.487. The predicted molar refractivity (Wildman–Crippen MR) is 92.6 cm³/mol. The number of benzene rings is 1. The van der Waals surface area contributed by atoms with E-state index in [0.29, 0.717) is 6.04 Å². The first-order valence-corrected chi connectivity index (χ1v) is 8.36. The summed E-state index contributed by atoms with van der Waals surface area (Å²) in [6, 6.07) is 13.5. The van der Waals surface area contributed by atoms with E-state index >= 15 is 0 Å². The molecule has 0 saturated heterocycles. The molecule has 0 radical (unpaired) electrons. The van der Waals surface area contributed by atoms with Gasteiger partial charge in [-0.15, -0.1) is 0 Å². The van der Waals surface area contributed by atoms with Crippen molar-refractivity contribution in [2.45, 2.75) is 39.2 Å². The third-order valence-electron chi connectivity index (χ3n) is 3.64. The van der Waals surface area contributed by atoms with Gasteiger partial charge in [-0.05, 0) is 59.9 Å². The zero-order valence-electron chi connectivity index (χ0n) is 12.8. The molecule has 0 saturated carbocycles. The van der Waals surface area contributed by atoms with E-state index in [0.717, 1.165) is 36.0 Å². The average Bonchev–Trinajstić information content (AvgIpc) is 2.49. The van der Waals surface area contributed by atoms with Crippen LogP contribution in [0.3, 0.4) is 0 Å². The minimum Gasteiger partial charge on any atom is -0.314 e. The summed E-state index contributed by atoms with van der Waals surface area (Å²) < 4.78 is 1.03.